The first-order valence-corrected chi connectivity index (χ1v) is 8.92. The Hall–Kier alpha value is -1.94. The Kier molecular flexibility index (Phi) is 3.57. The van der Waals surface area contributed by atoms with Crippen LogP contribution in [0.5, 0.6) is 0 Å². The lowest BCUT2D eigenvalue weighted by Gasteiger charge is -2.26. The molecule has 0 bridgehead atoms. The van der Waals surface area contributed by atoms with E-state index in [1.54, 1.807) is 0 Å². The lowest BCUT2D eigenvalue weighted by atomic mass is 10.2. The summed E-state index contributed by atoms with van der Waals surface area (Å²) >= 11 is 1.86. The summed E-state index contributed by atoms with van der Waals surface area (Å²) in [7, 11) is 4.28. The SMILES string of the molecule is Cc1ccc2c(c1)S/C(=C\c1cc[n+](C)c(N3CCC3)c1)N2C. The van der Waals surface area contributed by atoms with Gasteiger partial charge in [0.15, 0.2) is 0 Å². The van der Waals surface area contributed by atoms with Crippen molar-refractivity contribution in [2.75, 3.05) is 29.9 Å². The van der Waals surface area contributed by atoms with Gasteiger partial charge in [-0.05, 0) is 42.3 Å². The molecular weight excluding hydrogens is 302 g/mol. The molecule has 1 aromatic heterocycles. The molecule has 3 heterocycles. The molecule has 2 aliphatic rings. The van der Waals surface area contributed by atoms with Gasteiger partial charge in [0.25, 0.3) is 5.82 Å². The van der Waals surface area contributed by atoms with Crippen molar-refractivity contribution in [3.05, 3.63) is 52.7 Å². The standard InChI is InChI=1S/C19H22N3S/c1-14-5-6-16-17(11-14)23-19(21(16)3)13-15-7-10-20(2)18(12-15)22-8-4-9-22/h5-7,10-13H,4,8-9H2,1-3H3/q+1. The van der Waals surface area contributed by atoms with Gasteiger partial charge in [-0.25, -0.2) is 4.57 Å². The van der Waals surface area contributed by atoms with Crippen LogP contribution in [0.4, 0.5) is 11.5 Å². The van der Waals surface area contributed by atoms with E-state index in [1.807, 2.05) is 11.8 Å². The predicted molar refractivity (Wildman–Crippen MR) is 97.9 cm³/mol. The summed E-state index contributed by atoms with van der Waals surface area (Å²) in [6.07, 6.45) is 5.76. The van der Waals surface area contributed by atoms with Crippen LogP contribution in [0.3, 0.4) is 0 Å². The summed E-state index contributed by atoms with van der Waals surface area (Å²) in [5.74, 6) is 1.31. The van der Waals surface area contributed by atoms with E-state index in [9.17, 15) is 0 Å². The lowest BCUT2D eigenvalue weighted by Crippen LogP contribution is -2.46. The molecule has 4 rings (SSSR count). The molecule has 0 unspecified atom stereocenters. The van der Waals surface area contributed by atoms with Gasteiger partial charge in [-0.3, -0.25) is 4.90 Å². The second-order valence-electron chi connectivity index (χ2n) is 6.38. The molecule has 3 nitrogen and oxygen atoms in total. The van der Waals surface area contributed by atoms with Crippen molar-refractivity contribution in [3.63, 3.8) is 0 Å². The van der Waals surface area contributed by atoms with E-state index in [0.717, 1.165) is 0 Å². The van der Waals surface area contributed by atoms with Crippen LogP contribution in [-0.2, 0) is 7.05 Å². The fraction of sp³-hybridized carbons (Fsp3) is 0.316. The molecule has 2 aromatic rings. The molecule has 1 aromatic carbocycles. The second-order valence-corrected chi connectivity index (χ2v) is 7.45. The molecule has 0 amide bonds. The second kappa shape index (κ2) is 5.60. The summed E-state index contributed by atoms with van der Waals surface area (Å²) in [6.45, 7) is 4.50. The molecule has 1 fully saturated rings. The molecule has 0 aliphatic carbocycles. The minimum Gasteiger partial charge on any atom is -0.338 e. The third-order valence-corrected chi connectivity index (χ3v) is 5.79. The molecule has 4 heteroatoms. The number of rotatable bonds is 2. The van der Waals surface area contributed by atoms with Crippen molar-refractivity contribution in [1.82, 2.24) is 0 Å². The van der Waals surface area contributed by atoms with Gasteiger partial charge in [-0.1, -0.05) is 17.8 Å². The molecule has 118 valence electrons. The number of benzene rings is 1. The number of hydrogen-bond acceptors (Lipinski definition) is 3. The zero-order valence-corrected chi connectivity index (χ0v) is 14.7. The average Bonchev–Trinajstić information content (AvgIpc) is 2.76. The number of anilines is 2. The third-order valence-electron chi connectivity index (χ3n) is 4.64. The first-order valence-electron chi connectivity index (χ1n) is 8.10. The number of thioether (sulfide) groups is 1. The maximum Gasteiger partial charge on any atom is 0.276 e. The van der Waals surface area contributed by atoms with Crippen LogP contribution in [0.2, 0.25) is 0 Å². The van der Waals surface area contributed by atoms with Gasteiger partial charge in [0.05, 0.1) is 37.1 Å². The third kappa shape index (κ3) is 2.61. The lowest BCUT2D eigenvalue weighted by molar-refractivity contribution is -0.659. The topological polar surface area (TPSA) is 10.4 Å². The normalized spacial score (nSPS) is 18.3. The van der Waals surface area contributed by atoms with Crippen LogP contribution in [0.25, 0.3) is 6.08 Å². The largest absolute Gasteiger partial charge is 0.338 e. The number of hydrogen-bond donors (Lipinski definition) is 0. The minimum atomic E-state index is 1.17. The highest BCUT2D eigenvalue weighted by molar-refractivity contribution is 8.03. The molecule has 23 heavy (non-hydrogen) atoms. The highest BCUT2D eigenvalue weighted by Crippen LogP contribution is 2.46. The Labute approximate surface area is 142 Å². The van der Waals surface area contributed by atoms with Gasteiger partial charge >= 0.3 is 0 Å². The van der Waals surface area contributed by atoms with Crippen molar-refractivity contribution < 1.29 is 4.57 Å². The molecule has 0 radical (unpaired) electrons. The van der Waals surface area contributed by atoms with Crippen LogP contribution in [0, 0.1) is 6.92 Å². The van der Waals surface area contributed by atoms with Crippen LogP contribution < -0.4 is 14.4 Å². The molecule has 0 spiro atoms. The number of fused-ring (bicyclic) bond motifs is 1. The molecule has 0 N–H and O–H groups in total. The summed E-state index contributed by atoms with van der Waals surface area (Å²) in [6, 6.07) is 11.2. The van der Waals surface area contributed by atoms with Gasteiger partial charge in [0, 0.05) is 24.4 Å². The predicted octanol–water partition coefficient (Wildman–Crippen LogP) is 3.57. The Morgan fingerprint density at radius 3 is 2.74 bits per heavy atom. The highest BCUT2D eigenvalue weighted by atomic mass is 32.2. The van der Waals surface area contributed by atoms with Gasteiger partial charge < -0.3 is 4.90 Å². The summed E-state index contributed by atoms with van der Waals surface area (Å²) < 4.78 is 2.21. The van der Waals surface area contributed by atoms with Crippen molar-refractivity contribution in [2.45, 2.75) is 18.2 Å². The Balaban J connectivity index is 1.66. The van der Waals surface area contributed by atoms with Crippen LogP contribution in [-0.4, -0.2) is 20.1 Å². The van der Waals surface area contributed by atoms with Gasteiger partial charge in [-0.15, -0.1) is 0 Å². The van der Waals surface area contributed by atoms with E-state index >= 15 is 0 Å². The van der Waals surface area contributed by atoms with E-state index < -0.39 is 0 Å². The zero-order valence-electron chi connectivity index (χ0n) is 13.9. The number of aryl methyl sites for hydroxylation is 2. The monoisotopic (exact) mass is 324 g/mol. The van der Waals surface area contributed by atoms with Crippen LogP contribution in [0.15, 0.2) is 46.5 Å². The number of aromatic nitrogens is 1. The van der Waals surface area contributed by atoms with E-state index in [4.69, 9.17) is 0 Å². The quantitative estimate of drug-likeness (QED) is 0.782. The van der Waals surface area contributed by atoms with Crippen molar-refractivity contribution in [2.24, 2.45) is 7.05 Å². The number of pyridine rings is 1. The fourth-order valence-corrected chi connectivity index (χ4v) is 4.28. The Morgan fingerprint density at radius 1 is 1.17 bits per heavy atom. The van der Waals surface area contributed by atoms with E-state index in [0.29, 0.717) is 0 Å². The first-order chi connectivity index (χ1) is 11.1. The summed E-state index contributed by atoms with van der Waals surface area (Å²) in [4.78, 5) is 6.07. The molecular formula is C19H22N3S+. The molecule has 0 saturated carbocycles. The van der Waals surface area contributed by atoms with Crippen LogP contribution in [0.1, 0.15) is 17.5 Å². The van der Waals surface area contributed by atoms with E-state index in [1.165, 1.54) is 52.1 Å². The molecule has 2 aliphatic heterocycles. The zero-order chi connectivity index (χ0) is 16.0. The van der Waals surface area contributed by atoms with Gasteiger partial charge in [0.1, 0.15) is 0 Å². The summed E-state index contributed by atoms with van der Waals surface area (Å²) in [5.41, 5.74) is 3.89. The van der Waals surface area contributed by atoms with Gasteiger partial charge in [-0.2, -0.15) is 0 Å². The Bertz CT molecular complexity index is 793. The van der Waals surface area contributed by atoms with Gasteiger partial charge in [0.2, 0.25) is 0 Å². The maximum absolute atomic E-state index is 2.44. The minimum absolute atomic E-state index is 1.17. The van der Waals surface area contributed by atoms with Crippen molar-refractivity contribution in [3.8, 4) is 0 Å². The Morgan fingerprint density at radius 2 is 2.00 bits per heavy atom. The molecule has 1 saturated heterocycles. The van der Waals surface area contributed by atoms with E-state index in [2.05, 4.69) is 78.0 Å². The van der Waals surface area contributed by atoms with E-state index in [-0.39, 0.29) is 0 Å². The number of nitrogens with zero attached hydrogens (tertiary/aromatic N) is 3. The molecule has 0 atom stereocenters. The van der Waals surface area contributed by atoms with Crippen molar-refractivity contribution >= 4 is 29.3 Å². The first kappa shape index (κ1) is 14.6. The fourth-order valence-electron chi connectivity index (χ4n) is 3.07. The highest BCUT2D eigenvalue weighted by Gasteiger charge is 2.26. The maximum atomic E-state index is 2.44. The summed E-state index contributed by atoms with van der Waals surface area (Å²) in [5, 5.41) is 1.29. The smallest absolute Gasteiger partial charge is 0.276 e. The van der Waals surface area contributed by atoms with Crippen molar-refractivity contribution in [1.29, 1.82) is 0 Å². The van der Waals surface area contributed by atoms with Crippen LogP contribution >= 0.6 is 11.8 Å². The average molecular weight is 324 g/mol.